The molecule has 1 amide bonds. The zero-order valence-electron chi connectivity index (χ0n) is 15.2. The fourth-order valence-electron chi connectivity index (χ4n) is 2.95. The Morgan fingerprint density at radius 2 is 2.00 bits per heavy atom. The first-order chi connectivity index (χ1) is 13.2. The van der Waals surface area contributed by atoms with Crippen molar-refractivity contribution in [1.29, 1.82) is 0 Å². The number of alkyl halides is 3. The fraction of sp³-hybridized carbons (Fsp3) is 0.263. The van der Waals surface area contributed by atoms with Crippen LogP contribution < -0.4 is 10.6 Å². The summed E-state index contributed by atoms with van der Waals surface area (Å²) in [6.45, 7) is 1.61. The van der Waals surface area contributed by atoms with Crippen LogP contribution in [0, 0.1) is 6.92 Å². The maximum Gasteiger partial charge on any atom is 0.390 e. The van der Waals surface area contributed by atoms with E-state index in [1.165, 1.54) is 0 Å². The van der Waals surface area contributed by atoms with Gasteiger partial charge < -0.3 is 10.6 Å². The lowest BCUT2D eigenvalue weighted by Crippen LogP contribution is -2.19. The summed E-state index contributed by atoms with van der Waals surface area (Å²) in [5.74, 6) is -0.168. The third-order valence-electron chi connectivity index (χ3n) is 4.30. The lowest BCUT2D eigenvalue weighted by Gasteiger charge is -2.12. The molecule has 0 aliphatic carbocycles. The summed E-state index contributed by atoms with van der Waals surface area (Å²) in [6.07, 6.45) is -3.54. The number of amides is 1. The van der Waals surface area contributed by atoms with E-state index < -0.39 is 12.6 Å². The summed E-state index contributed by atoms with van der Waals surface area (Å²) in [4.78, 5) is 16.3. The number of rotatable bonds is 5. The van der Waals surface area contributed by atoms with Crippen molar-refractivity contribution in [2.24, 2.45) is 0 Å². The van der Waals surface area contributed by atoms with E-state index in [9.17, 15) is 18.0 Å². The maximum absolute atomic E-state index is 12.4. The summed E-state index contributed by atoms with van der Waals surface area (Å²) < 4.78 is 39.8. The molecule has 148 valence electrons. The Morgan fingerprint density at radius 1 is 1.25 bits per heavy atom. The number of anilines is 1. The SMILES string of the molecule is CNC(=O)c1ccc(-n2cnc3c(NCCC(F)(F)F)cc(Br)cc32)cc1C. The average molecular weight is 455 g/mol. The first-order valence-electron chi connectivity index (χ1n) is 8.50. The summed E-state index contributed by atoms with van der Waals surface area (Å²) in [5, 5.41) is 5.41. The second-order valence-electron chi connectivity index (χ2n) is 6.31. The molecule has 1 aromatic heterocycles. The van der Waals surface area contributed by atoms with Crippen LogP contribution in [0.4, 0.5) is 18.9 Å². The highest BCUT2D eigenvalue weighted by Crippen LogP contribution is 2.30. The van der Waals surface area contributed by atoms with Crippen LogP contribution in [0.1, 0.15) is 22.3 Å². The van der Waals surface area contributed by atoms with Crippen LogP contribution >= 0.6 is 15.9 Å². The third kappa shape index (κ3) is 4.30. The Kier molecular flexibility index (Phi) is 5.64. The molecule has 0 unspecified atom stereocenters. The number of hydrogen-bond donors (Lipinski definition) is 2. The van der Waals surface area contributed by atoms with Crippen LogP contribution in [-0.4, -0.2) is 35.2 Å². The topological polar surface area (TPSA) is 59.0 Å². The molecule has 0 saturated carbocycles. The Balaban J connectivity index is 1.98. The van der Waals surface area contributed by atoms with Gasteiger partial charge in [0.15, 0.2) is 0 Å². The van der Waals surface area contributed by atoms with Gasteiger partial charge in [0.05, 0.1) is 17.6 Å². The quantitative estimate of drug-likeness (QED) is 0.580. The molecule has 5 nitrogen and oxygen atoms in total. The Morgan fingerprint density at radius 3 is 2.64 bits per heavy atom. The van der Waals surface area contributed by atoms with E-state index in [2.05, 4.69) is 31.5 Å². The summed E-state index contributed by atoms with van der Waals surface area (Å²) >= 11 is 3.40. The zero-order chi connectivity index (χ0) is 20.5. The van der Waals surface area contributed by atoms with Crippen LogP contribution in [0.3, 0.4) is 0 Å². The van der Waals surface area contributed by atoms with Gasteiger partial charge in [0.25, 0.3) is 5.91 Å². The molecule has 0 spiro atoms. The second-order valence-corrected chi connectivity index (χ2v) is 7.22. The van der Waals surface area contributed by atoms with Crippen LogP contribution in [0.2, 0.25) is 0 Å². The van der Waals surface area contributed by atoms with Crippen molar-refractivity contribution >= 4 is 38.6 Å². The molecule has 0 saturated heterocycles. The molecule has 3 rings (SSSR count). The van der Waals surface area contributed by atoms with E-state index in [0.717, 1.165) is 21.2 Å². The number of nitrogens with one attached hydrogen (secondary N) is 2. The fourth-order valence-corrected chi connectivity index (χ4v) is 3.39. The summed E-state index contributed by atoms with van der Waals surface area (Å²) in [5.41, 5.74) is 4.00. The van der Waals surface area contributed by atoms with Gasteiger partial charge in [0.1, 0.15) is 11.8 Å². The zero-order valence-corrected chi connectivity index (χ0v) is 16.8. The minimum atomic E-state index is -4.22. The van der Waals surface area contributed by atoms with Crippen molar-refractivity contribution in [3.63, 3.8) is 0 Å². The number of aromatic nitrogens is 2. The van der Waals surface area contributed by atoms with E-state index in [-0.39, 0.29) is 12.5 Å². The average Bonchev–Trinajstić information content (AvgIpc) is 3.03. The van der Waals surface area contributed by atoms with Crippen molar-refractivity contribution < 1.29 is 18.0 Å². The molecule has 2 aromatic carbocycles. The number of benzene rings is 2. The summed E-state index contributed by atoms with van der Waals surface area (Å²) in [6, 6.07) is 8.95. The van der Waals surface area contributed by atoms with Crippen molar-refractivity contribution in [3.05, 3.63) is 52.3 Å². The molecule has 0 aliphatic heterocycles. The summed E-state index contributed by atoms with van der Waals surface area (Å²) in [7, 11) is 1.57. The first-order valence-corrected chi connectivity index (χ1v) is 9.29. The number of halogens is 4. The van der Waals surface area contributed by atoms with Crippen molar-refractivity contribution in [2.45, 2.75) is 19.5 Å². The molecular weight excluding hydrogens is 437 g/mol. The van der Waals surface area contributed by atoms with Crippen molar-refractivity contribution in [3.8, 4) is 5.69 Å². The normalized spacial score (nSPS) is 11.6. The van der Waals surface area contributed by atoms with Gasteiger partial charge in [-0.15, -0.1) is 0 Å². The smallest absolute Gasteiger partial charge is 0.383 e. The van der Waals surface area contributed by atoms with Gasteiger partial charge in [0, 0.05) is 29.3 Å². The highest BCUT2D eigenvalue weighted by molar-refractivity contribution is 9.10. The van der Waals surface area contributed by atoms with Crippen LogP contribution in [0.15, 0.2) is 41.1 Å². The number of aryl methyl sites for hydroxylation is 1. The molecule has 3 aromatic rings. The number of carbonyl (C=O) groups excluding carboxylic acids is 1. The maximum atomic E-state index is 12.4. The molecule has 0 atom stereocenters. The van der Waals surface area contributed by atoms with E-state index in [0.29, 0.717) is 16.8 Å². The minimum Gasteiger partial charge on any atom is -0.383 e. The number of imidazole rings is 1. The molecule has 2 N–H and O–H groups in total. The molecule has 9 heteroatoms. The largest absolute Gasteiger partial charge is 0.390 e. The number of fused-ring (bicyclic) bond motifs is 1. The van der Waals surface area contributed by atoms with Gasteiger partial charge >= 0.3 is 6.18 Å². The second kappa shape index (κ2) is 7.83. The first kappa shape index (κ1) is 20.2. The number of nitrogens with zero attached hydrogens (tertiary/aromatic N) is 2. The van der Waals surface area contributed by atoms with Gasteiger partial charge in [0.2, 0.25) is 0 Å². The lowest BCUT2D eigenvalue weighted by molar-refractivity contribution is -0.131. The van der Waals surface area contributed by atoms with Crippen LogP contribution in [0.5, 0.6) is 0 Å². The highest BCUT2D eigenvalue weighted by atomic mass is 79.9. The molecular formula is C19H18BrF3N4O. The monoisotopic (exact) mass is 454 g/mol. The van der Waals surface area contributed by atoms with Crippen molar-refractivity contribution in [2.75, 3.05) is 18.9 Å². The van der Waals surface area contributed by atoms with Gasteiger partial charge in [-0.05, 0) is 42.8 Å². The van der Waals surface area contributed by atoms with Gasteiger partial charge in [-0.25, -0.2) is 4.98 Å². The highest BCUT2D eigenvalue weighted by Gasteiger charge is 2.26. The van der Waals surface area contributed by atoms with E-state index in [4.69, 9.17) is 0 Å². The molecule has 0 bridgehead atoms. The van der Waals surface area contributed by atoms with Crippen molar-refractivity contribution in [1.82, 2.24) is 14.9 Å². The standard InChI is InChI=1S/C19H18BrF3N4O/c1-11-7-13(3-4-14(11)18(28)24-2)27-10-26-17-15(8-12(20)9-16(17)27)25-6-5-19(21,22)23/h3-4,7-10,25H,5-6H2,1-2H3,(H,24,28). The Labute approximate surface area is 168 Å². The predicted molar refractivity (Wildman–Crippen MR) is 106 cm³/mol. The molecule has 0 fully saturated rings. The van der Waals surface area contributed by atoms with Crippen LogP contribution in [-0.2, 0) is 0 Å². The Hall–Kier alpha value is -2.55. The minimum absolute atomic E-state index is 0.168. The molecule has 1 heterocycles. The van der Waals surface area contributed by atoms with E-state index in [1.807, 2.05) is 23.6 Å². The molecule has 0 radical (unpaired) electrons. The lowest BCUT2D eigenvalue weighted by atomic mass is 10.1. The van der Waals surface area contributed by atoms with Gasteiger partial charge in [-0.3, -0.25) is 9.36 Å². The number of carbonyl (C=O) groups is 1. The molecule has 28 heavy (non-hydrogen) atoms. The number of hydrogen-bond acceptors (Lipinski definition) is 3. The van der Waals surface area contributed by atoms with E-state index >= 15 is 0 Å². The molecule has 0 aliphatic rings. The Bertz CT molecular complexity index is 1030. The van der Waals surface area contributed by atoms with E-state index in [1.54, 1.807) is 31.6 Å². The van der Waals surface area contributed by atoms with Gasteiger partial charge in [-0.2, -0.15) is 13.2 Å². The third-order valence-corrected chi connectivity index (χ3v) is 4.76. The predicted octanol–water partition coefficient (Wildman–Crippen LogP) is 4.82. The van der Waals surface area contributed by atoms with Crippen LogP contribution in [0.25, 0.3) is 16.7 Å². The van der Waals surface area contributed by atoms with Gasteiger partial charge in [-0.1, -0.05) is 15.9 Å².